The highest BCUT2D eigenvalue weighted by atomic mass is 19.1. The van der Waals surface area contributed by atoms with Crippen molar-refractivity contribution in [3.8, 4) is 11.5 Å². The number of rotatable bonds is 10. The zero-order chi connectivity index (χ0) is 24.8. The molecule has 1 atom stereocenters. The summed E-state index contributed by atoms with van der Waals surface area (Å²) in [6, 6.07) is 9.40. The van der Waals surface area contributed by atoms with Gasteiger partial charge in [0.05, 0.1) is 18.2 Å². The van der Waals surface area contributed by atoms with E-state index in [1.165, 1.54) is 29.2 Å². The summed E-state index contributed by atoms with van der Waals surface area (Å²) in [7, 11) is 3.73. The average molecular weight is 469 g/mol. The summed E-state index contributed by atoms with van der Waals surface area (Å²) in [5.74, 6) is -1.40. The fourth-order valence-electron chi connectivity index (χ4n) is 3.76. The van der Waals surface area contributed by atoms with Gasteiger partial charge in [-0.3, -0.25) is 9.59 Å². The monoisotopic (exact) mass is 468 g/mol. The summed E-state index contributed by atoms with van der Waals surface area (Å²) in [5.41, 5.74) is 0.765. The van der Waals surface area contributed by atoms with Crippen molar-refractivity contribution < 1.29 is 28.6 Å². The number of benzene rings is 2. The largest absolute Gasteiger partial charge is 0.507 e. The smallest absolute Gasteiger partial charge is 0.295 e. The maximum atomic E-state index is 13.4. The topological polar surface area (TPSA) is 79.3 Å². The first-order valence-electron chi connectivity index (χ1n) is 11.0. The van der Waals surface area contributed by atoms with E-state index in [0.29, 0.717) is 30.2 Å². The van der Waals surface area contributed by atoms with Crippen LogP contribution in [0.3, 0.4) is 0 Å². The van der Waals surface area contributed by atoms with E-state index >= 15 is 0 Å². The van der Waals surface area contributed by atoms with Crippen LogP contribution in [0.5, 0.6) is 11.5 Å². The fraction of sp³-hybridized carbons (Fsp3) is 0.308. The number of aliphatic hydroxyl groups excluding tert-OH is 1. The molecule has 1 heterocycles. The van der Waals surface area contributed by atoms with Crippen LogP contribution >= 0.6 is 0 Å². The molecule has 1 aliphatic rings. The van der Waals surface area contributed by atoms with Crippen LogP contribution in [-0.4, -0.2) is 67.0 Å². The molecule has 7 nitrogen and oxygen atoms in total. The van der Waals surface area contributed by atoms with Crippen molar-refractivity contribution in [1.29, 1.82) is 0 Å². The number of Topliss-reactive ketones (excluding diaryl/α,β-unsaturated/α-hetero) is 1. The predicted octanol–water partition coefficient (Wildman–Crippen LogP) is 3.77. The zero-order valence-electron chi connectivity index (χ0n) is 19.6. The van der Waals surface area contributed by atoms with Crippen molar-refractivity contribution >= 4 is 17.4 Å². The third-order valence-electron chi connectivity index (χ3n) is 5.39. The number of halogens is 1. The minimum atomic E-state index is -0.849. The molecular weight excluding hydrogens is 439 g/mol. The summed E-state index contributed by atoms with van der Waals surface area (Å²) in [6.45, 7) is 6.92. The first-order valence-corrected chi connectivity index (χ1v) is 11.0. The Morgan fingerprint density at radius 2 is 1.85 bits per heavy atom. The molecule has 0 bridgehead atoms. The van der Waals surface area contributed by atoms with E-state index in [2.05, 4.69) is 6.58 Å². The van der Waals surface area contributed by atoms with Gasteiger partial charge >= 0.3 is 0 Å². The lowest BCUT2D eigenvalue weighted by atomic mass is 9.95. The summed E-state index contributed by atoms with van der Waals surface area (Å²) >= 11 is 0. The Kier molecular flexibility index (Phi) is 8.07. The summed E-state index contributed by atoms with van der Waals surface area (Å²) in [5, 5.41) is 11.0. The number of hydrogen-bond acceptors (Lipinski definition) is 6. The van der Waals surface area contributed by atoms with Gasteiger partial charge in [-0.2, -0.15) is 0 Å². The molecule has 0 radical (unpaired) electrons. The molecule has 2 aromatic carbocycles. The zero-order valence-corrected chi connectivity index (χ0v) is 19.6. The summed E-state index contributed by atoms with van der Waals surface area (Å²) in [6.07, 6.45) is 1.61. The molecule has 1 unspecified atom stereocenters. The van der Waals surface area contributed by atoms with Crippen LogP contribution in [0.15, 0.2) is 60.7 Å². The van der Waals surface area contributed by atoms with Crippen LogP contribution < -0.4 is 9.47 Å². The minimum absolute atomic E-state index is 0.0578. The third kappa shape index (κ3) is 5.28. The van der Waals surface area contributed by atoms with Gasteiger partial charge in [0.2, 0.25) is 0 Å². The number of aliphatic hydroxyl groups is 1. The number of carbonyl (C=O) groups excluding carboxylic acids is 2. The first kappa shape index (κ1) is 25.0. The highest BCUT2D eigenvalue weighted by Crippen LogP contribution is 2.42. The lowest BCUT2D eigenvalue weighted by Gasteiger charge is -2.27. The van der Waals surface area contributed by atoms with Crippen molar-refractivity contribution in [2.45, 2.75) is 13.0 Å². The molecule has 3 rings (SSSR count). The van der Waals surface area contributed by atoms with Crippen molar-refractivity contribution in [3.05, 3.63) is 77.6 Å². The molecule has 0 saturated carbocycles. The normalized spacial score (nSPS) is 17.3. The first-order chi connectivity index (χ1) is 16.3. The van der Waals surface area contributed by atoms with Gasteiger partial charge in [0, 0.05) is 18.7 Å². The molecule has 34 heavy (non-hydrogen) atoms. The fourth-order valence-corrected chi connectivity index (χ4v) is 3.76. The maximum absolute atomic E-state index is 13.4. The lowest BCUT2D eigenvalue weighted by molar-refractivity contribution is -0.140. The van der Waals surface area contributed by atoms with E-state index in [9.17, 15) is 19.1 Å². The van der Waals surface area contributed by atoms with Gasteiger partial charge in [-0.05, 0) is 63.0 Å². The number of ketones is 1. The van der Waals surface area contributed by atoms with E-state index in [-0.39, 0.29) is 30.0 Å². The number of nitrogens with zero attached hydrogens (tertiary/aromatic N) is 2. The quantitative estimate of drug-likeness (QED) is 0.248. The van der Waals surface area contributed by atoms with Crippen LogP contribution in [0.4, 0.5) is 4.39 Å². The lowest BCUT2D eigenvalue weighted by Crippen LogP contribution is -2.35. The Hall–Kier alpha value is -3.65. The van der Waals surface area contributed by atoms with Crippen molar-refractivity contribution in [1.82, 2.24) is 9.80 Å². The summed E-state index contributed by atoms with van der Waals surface area (Å²) in [4.78, 5) is 29.4. The van der Waals surface area contributed by atoms with Crippen LogP contribution in [-0.2, 0) is 9.59 Å². The second kappa shape index (κ2) is 11.0. The van der Waals surface area contributed by atoms with Gasteiger partial charge in [0.1, 0.15) is 18.2 Å². The SMILES string of the molecule is C=CCOc1ccc(C2C(=C(O)c3ccc(F)cc3)C(=O)C(=O)N2CCN(C)C)cc1OCC. The second-order valence-electron chi connectivity index (χ2n) is 8.04. The Labute approximate surface area is 198 Å². The number of carbonyl (C=O) groups is 2. The minimum Gasteiger partial charge on any atom is -0.507 e. The van der Waals surface area contributed by atoms with Crippen LogP contribution in [0.25, 0.3) is 5.76 Å². The van der Waals surface area contributed by atoms with Gasteiger partial charge in [-0.25, -0.2) is 4.39 Å². The molecule has 8 heteroatoms. The molecular formula is C26H29FN2O5. The van der Waals surface area contributed by atoms with Crippen molar-refractivity contribution in [2.75, 3.05) is 40.4 Å². The number of likely N-dealkylation sites (N-methyl/N-ethyl adjacent to an activating group) is 1. The van der Waals surface area contributed by atoms with E-state index in [1.54, 1.807) is 24.3 Å². The predicted molar refractivity (Wildman–Crippen MR) is 127 cm³/mol. The Morgan fingerprint density at radius 3 is 2.47 bits per heavy atom. The van der Waals surface area contributed by atoms with Crippen LogP contribution in [0, 0.1) is 5.82 Å². The van der Waals surface area contributed by atoms with Gasteiger partial charge in [0.25, 0.3) is 11.7 Å². The van der Waals surface area contributed by atoms with E-state index in [1.807, 2.05) is 25.9 Å². The molecule has 0 spiro atoms. The number of amides is 1. The molecule has 1 N–H and O–H groups in total. The number of hydrogen-bond donors (Lipinski definition) is 1. The molecule has 0 aliphatic carbocycles. The van der Waals surface area contributed by atoms with Crippen molar-refractivity contribution in [3.63, 3.8) is 0 Å². The molecule has 1 amide bonds. The Morgan fingerprint density at radius 1 is 1.15 bits per heavy atom. The van der Waals surface area contributed by atoms with Gasteiger partial charge < -0.3 is 24.4 Å². The standard InChI is InChI=1S/C26H29FN2O5/c1-5-15-34-20-12-9-18(16-21(20)33-6-2)23-22(24(30)17-7-10-19(27)11-8-17)25(31)26(32)29(23)14-13-28(3)4/h5,7-12,16,23,30H,1,6,13-15H2,2-4H3. The van der Waals surface area contributed by atoms with E-state index in [0.717, 1.165) is 0 Å². The van der Waals surface area contributed by atoms with Crippen LogP contribution in [0.1, 0.15) is 24.1 Å². The summed E-state index contributed by atoms with van der Waals surface area (Å²) < 4.78 is 24.8. The Balaban J connectivity index is 2.15. The second-order valence-corrected chi connectivity index (χ2v) is 8.04. The van der Waals surface area contributed by atoms with Crippen molar-refractivity contribution in [2.24, 2.45) is 0 Å². The van der Waals surface area contributed by atoms with Gasteiger partial charge in [-0.1, -0.05) is 18.7 Å². The molecule has 1 saturated heterocycles. The van der Waals surface area contributed by atoms with Crippen LogP contribution in [0.2, 0.25) is 0 Å². The molecule has 1 aliphatic heterocycles. The van der Waals surface area contributed by atoms with Gasteiger partial charge in [0.15, 0.2) is 11.5 Å². The Bertz CT molecular complexity index is 1090. The third-order valence-corrected chi connectivity index (χ3v) is 5.39. The molecule has 1 fully saturated rings. The average Bonchev–Trinajstić information content (AvgIpc) is 3.07. The molecule has 2 aromatic rings. The molecule has 0 aromatic heterocycles. The maximum Gasteiger partial charge on any atom is 0.295 e. The highest BCUT2D eigenvalue weighted by molar-refractivity contribution is 6.46. The number of ether oxygens (including phenoxy) is 2. The highest BCUT2D eigenvalue weighted by Gasteiger charge is 2.46. The van der Waals surface area contributed by atoms with E-state index in [4.69, 9.17) is 9.47 Å². The van der Waals surface area contributed by atoms with E-state index < -0.39 is 23.5 Å². The number of likely N-dealkylation sites (tertiary alicyclic amines) is 1. The molecule has 180 valence electrons. The van der Waals surface area contributed by atoms with Gasteiger partial charge in [-0.15, -0.1) is 0 Å².